The van der Waals surface area contributed by atoms with Crippen LogP contribution in [0.4, 0.5) is 0 Å². The van der Waals surface area contributed by atoms with E-state index < -0.39 is 0 Å². The lowest BCUT2D eigenvalue weighted by Gasteiger charge is -2.11. The molecule has 2 aromatic rings. The number of phenols is 1. The lowest BCUT2D eigenvalue weighted by atomic mass is 9.99. The summed E-state index contributed by atoms with van der Waals surface area (Å²) in [6.45, 7) is 1.85. The van der Waals surface area contributed by atoms with Crippen molar-refractivity contribution in [2.45, 2.75) is 13.0 Å². The SMILES string of the molecule is CC(N)c1cc(-c2ccc(Cl)cc2)ccc1O. The number of aromatic hydroxyl groups is 1. The summed E-state index contributed by atoms with van der Waals surface area (Å²) < 4.78 is 0. The van der Waals surface area contributed by atoms with Crippen molar-refractivity contribution in [3.63, 3.8) is 0 Å². The number of hydrogen-bond acceptors (Lipinski definition) is 2. The Morgan fingerprint density at radius 1 is 1.06 bits per heavy atom. The fraction of sp³-hybridized carbons (Fsp3) is 0.143. The molecule has 0 saturated heterocycles. The van der Waals surface area contributed by atoms with Crippen LogP contribution in [0.2, 0.25) is 5.02 Å². The molecule has 0 heterocycles. The van der Waals surface area contributed by atoms with Gasteiger partial charge in [-0.2, -0.15) is 0 Å². The molecular weight excluding hydrogens is 234 g/mol. The molecule has 0 radical (unpaired) electrons. The molecule has 3 N–H and O–H groups in total. The van der Waals surface area contributed by atoms with E-state index >= 15 is 0 Å². The van der Waals surface area contributed by atoms with Crippen molar-refractivity contribution < 1.29 is 5.11 Å². The highest BCUT2D eigenvalue weighted by Gasteiger charge is 2.08. The van der Waals surface area contributed by atoms with E-state index in [1.54, 1.807) is 6.07 Å². The largest absolute Gasteiger partial charge is 0.508 e. The summed E-state index contributed by atoms with van der Waals surface area (Å²) >= 11 is 5.85. The Morgan fingerprint density at radius 2 is 1.65 bits per heavy atom. The molecular formula is C14H14ClNO. The van der Waals surface area contributed by atoms with E-state index in [0.717, 1.165) is 16.7 Å². The second-order valence-electron chi connectivity index (χ2n) is 4.07. The number of benzene rings is 2. The van der Waals surface area contributed by atoms with Gasteiger partial charge in [-0.05, 0) is 42.3 Å². The first-order valence-electron chi connectivity index (χ1n) is 5.42. The summed E-state index contributed by atoms with van der Waals surface area (Å²) in [5.74, 6) is 0.234. The van der Waals surface area contributed by atoms with Gasteiger partial charge >= 0.3 is 0 Å². The third kappa shape index (κ3) is 2.60. The number of phenolic OH excluding ortho intramolecular Hbond substituents is 1. The summed E-state index contributed by atoms with van der Waals surface area (Å²) in [5.41, 5.74) is 8.62. The average Bonchev–Trinajstić information content (AvgIpc) is 2.30. The lowest BCUT2D eigenvalue weighted by Crippen LogP contribution is -2.05. The van der Waals surface area contributed by atoms with Crippen LogP contribution in [0, 0.1) is 0 Å². The van der Waals surface area contributed by atoms with Crippen molar-refractivity contribution in [1.29, 1.82) is 0 Å². The Bertz CT molecular complexity index is 520. The van der Waals surface area contributed by atoms with Crippen LogP contribution in [0.3, 0.4) is 0 Å². The van der Waals surface area contributed by atoms with Crippen LogP contribution in [0.15, 0.2) is 42.5 Å². The van der Waals surface area contributed by atoms with E-state index in [0.29, 0.717) is 5.02 Å². The third-order valence-electron chi connectivity index (χ3n) is 2.70. The molecule has 0 saturated carbocycles. The minimum Gasteiger partial charge on any atom is -0.508 e. The van der Waals surface area contributed by atoms with Crippen molar-refractivity contribution in [2.24, 2.45) is 5.73 Å². The van der Waals surface area contributed by atoms with Crippen LogP contribution < -0.4 is 5.73 Å². The maximum absolute atomic E-state index is 9.70. The fourth-order valence-corrected chi connectivity index (χ4v) is 1.87. The van der Waals surface area contributed by atoms with E-state index in [4.69, 9.17) is 17.3 Å². The normalized spacial score (nSPS) is 12.4. The minimum absolute atomic E-state index is 0.192. The van der Waals surface area contributed by atoms with Gasteiger partial charge in [0.2, 0.25) is 0 Å². The molecule has 17 heavy (non-hydrogen) atoms. The molecule has 0 aliphatic rings. The third-order valence-corrected chi connectivity index (χ3v) is 2.95. The van der Waals surface area contributed by atoms with Gasteiger partial charge in [0.15, 0.2) is 0 Å². The average molecular weight is 248 g/mol. The molecule has 1 unspecified atom stereocenters. The zero-order chi connectivity index (χ0) is 12.4. The van der Waals surface area contributed by atoms with Crippen LogP contribution in [0.1, 0.15) is 18.5 Å². The first-order chi connectivity index (χ1) is 8.08. The molecule has 1 atom stereocenters. The highest BCUT2D eigenvalue weighted by molar-refractivity contribution is 6.30. The van der Waals surface area contributed by atoms with E-state index in [2.05, 4.69) is 0 Å². The number of halogens is 1. The topological polar surface area (TPSA) is 46.2 Å². The first kappa shape index (κ1) is 12.0. The highest BCUT2D eigenvalue weighted by atomic mass is 35.5. The molecule has 0 aromatic heterocycles. The molecule has 2 rings (SSSR count). The van der Waals surface area contributed by atoms with Gasteiger partial charge in [-0.25, -0.2) is 0 Å². The fourth-order valence-electron chi connectivity index (χ4n) is 1.74. The highest BCUT2D eigenvalue weighted by Crippen LogP contribution is 2.29. The van der Waals surface area contributed by atoms with Crippen molar-refractivity contribution in [3.05, 3.63) is 53.1 Å². The van der Waals surface area contributed by atoms with Gasteiger partial charge in [0, 0.05) is 16.6 Å². The Morgan fingerprint density at radius 3 is 2.24 bits per heavy atom. The van der Waals surface area contributed by atoms with Crippen molar-refractivity contribution in [2.75, 3.05) is 0 Å². The second-order valence-corrected chi connectivity index (χ2v) is 4.51. The maximum atomic E-state index is 9.70. The molecule has 0 aliphatic carbocycles. The van der Waals surface area contributed by atoms with Crippen LogP contribution in [-0.4, -0.2) is 5.11 Å². The second kappa shape index (κ2) is 4.78. The molecule has 0 bridgehead atoms. The van der Waals surface area contributed by atoms with Gasteiger partial charge in [-0.1, -0.05) is 29.8 Å². The standard InChI is InChI=1S/C14H14ClNO/c1-9(16)13-8-11(4-7-14(13)17)10-2-5-12(15)6-3-10/h2-9,17H,16H2,1H3. The number of nitrogens with two attached hydrogens (primary N) is 1. The zero-order valence-corrected chi connectivity index (χ0v) is 10.3. The van der Waals surface area contributed by atoms with E-state index in [-0.39, 0.29) is 11.8 Å². The van der Waals surface area contributed by atoms with Gasteiger partial charge in [-0.3, -0.25) is 0 Å². The van der Waals surface area contributed by atoms with E-state index in [9.17, 15) is 5.11 Å². The monoisotopic (exact) mass is 247 g/mol. The van der Waals surface area contributed by atoms with Crippen molar-refractivity contribution >= 4 is 11.6 Å². The van der Waals surface area contributed by atoms with E-state index in [1.165, 1.54) is 0 Å². The number of rotatable bonds is 2. The van der Waals surface area contributed by atoms with Gasteiger partial charge in [-0.15, -0.1) is 0 Å². The Balaban J connectivity index is 2.46. The molecule has 2 aromatic carbocycles. The van der Waals surface area contributed by atoms with Gasteiger partial charge in [0.05, 0.1) is 0 Å². The maximum Gasteiger partial charge on any atom is 0.120 e. The van der Waals surface area contributed by atoms with Gasteiger partial charge in [0.1, 0.15) is 5.75 Å². The molecule has 88 valence electrons. The first-order valence-corrected chi connectivity index (χ1v) is 5.80. The Hall–Kier alpha value is -1.51. The summed E-state index contributed by atoms with van der Waals surface area (Å²) in [5, 5.41) is 10.4. The molecule has 0 amide bonds. The summed E-state index contributed by atoms with van der Waals surface area (Å²) in [6.07, 6.45) is 0. The van der Waals surface area contributed by atoms with Gasteiger partial charge < -0.3 is 10.8 Å². The molecule has 0 aliphatic heterocycles. The Labute approximate surface area is 106 Å². The summed E-state index contributed by atoms with van der Waals surface area (Å²) in [6, 6.07) is 12.8. The minimum atomic E-state index is -0.192. The smallest absolute Gasteiger partial charge is 0.120 e. The summed E-state index contributed by atoms with van der Waals surface area (Å²) in [7, 11) is 0. The zero-order valence-electron chi connectivity index (χ0n) is 9.52. The molecule has 3 heteroatoms. The van der Waals surface area contributed by atoms with E-state index in [1.807, 2.05) is 43.3 Å². The van der Waals surface area contributed by atoms with Gasteiger partial charge in [0.25, 0.3) is 0 Å². The van der Waals surface area contributed by atoms with Crippen molar-refractivity contribution in [1.82, 2.24) is 0 Å². The quantitative estimate of drug-likeness (QED) is 0.849. The lowest BCUT2D eigenvalue weighted by molar-refractivity contribution is 0.464. The summed E-state index contributed by atoms with van der Waals surface area (Å²) in [4.78, 5) is 0. The van der Waals surface area contributed by atoms with Crippen LogP contribution in [0.5, 0.6) is 5.75 Å². The van der Waals surface area contributed by atoms with Crippen LogP contribution in [-0.2, 0) is 0 Å². The molecule has 0 fully saturated rings. The van der Waals surface area contributed by atoms with Crippen LogP contribution >= 0.6 is 11.6 Å². The predicted molar refractivity (Wildman–Crippen MR) is 71.2 cm³/mol. The molecule has 2 nitrogen and oxygen atoms in total. The van der Waals surface area contributed by atoms with Crippen LogP contribution in [0.25, 0.3) is 11.1 Å². The number of hydrogen-bond donors (Lipinski definition) is 2. The Kier molecular flexibility index (Phi) is 3.36. The molecule has 0 spiro atoms. The predicted octanol–water partition coefficient (Wildman–Crippen LogP) is 3.73. The van der Waals surface area contributed by atoms with Crippen molar-refractivity contribution in [3.8, 4) is 16.9 Å².